The van der Waals surface area contributed by atoms with Crippen LogP contribution in [0, 0.1) is 0 Å². The fourth-order valence-corrected chi connectivity index (χ4v) is 1.80. The van der Waals surface area contributed by atoms with Crippen LogP contribution in [-0.2, 0) is 13.1 Å². The summed E-state index contributed by atoms with van der Waals surface area (Å²) >= 11 is 0. The average Bonchev–Trinajstić information content (AvgIpc) is 2.32. The molecule has 1 heterocycles. The van der Waals surface area contributed by atoms with E-state index in [4.69, 9.17) is 5.11 Å². The Balaban J connectivity index is 2.92. The van der Waals surface area contributed by atoms with Crippen LogP contribution in [0.4, 0.5) is 0 Å². The lowest BCUT2D eigenvalue weighted by Crippen LogP contribution is -2.25. The Morgan fingerprint density at radius 2 is 2.17 bits per heavy atom. The molecule has 1 aromatic heterocycles. The second-order valence-corrected chi connectivity index (χ2v) is 4.52. The second kappa shape index (κ2) is 7.18. The Kier molecular flexibility index (Phi) is 5.88. The minimum absolute atomic E-state index is 0.0910. The van der Waals surface area contributed by atoms with Crippen LogP contribution in [0.25, 0.3) is 0 Å². The molecular formula is C13H22N2O3. The number of aryl methyl sites for hydroxylation is 1. The van der Waals surface area contributed by atoms with E-state index in [2.05, 4.69) is 6.92 Å². The van der Waals surface area contributed by atoms with Crippen LogP contribution in [-0.4, -0.2) is 39.9 Å². The van der Waals surface area contributed by atoms with Crippen molar-refractivity contribution in [3.63, 3.8) is 0 Å². The number of aliphatic hydroxyl groups is 1. The van der Waals surface area contributed by atoms with E-state index in [-0.39, 0.29) is 17.8 Å². The van der Waals surface area contributed by atoms with Crippen molar-refractivity contribution < 1.29 is 10.2 Å². The Bertz CT molecular complexity index is 429. The molecule has 102 valence electrons. The SMILES string of the molecule is CCCCn1cc(O)c(=O)cc1CN(C)CCO. The van der Waals surface area contributed by atoms with Crippen LogP contribution in [0.2, 0.25) is 0 Å². The topological polar surface area (TPSA) is 65.7 Å². The van der Waals surface area contributed by atoms with Gasteiger partial charge >= 0.3 is 0 Å². The molecule has 0 unspecified atom stereocenters. The summed E-state index contributed by atoms with van der Waals surface area (Å²) in [5.41, 5.74) is 0.511. The first-order valence-corrected chi connectivity index (χ1v) is 6.30. The van der Waals surface area contributed by atoms with Gasteiger partial charge in [0.05, 0.1) is 12.8 Å². The summed E-state index contributed by atoms with van der Waals surface area (Å²) in [4.78, 5) is 13.4. The molecule has 1 rings (SSSR count). The third-order valence-electron chi connectivity index (χ3n) is 2.86. The van der Waals surface area contributed by atoms with E-state index in [1.54, 1.807) is 0 Å². The van der Waals surface area contributed by atoms with E-state index in [0.29, 0.717) is 13.1 Å². The maximum absolute atomic E-state index is 11.5. The Labute approximate surface area is 107 Å². The quantitative estimate of drug-likeness (QED) is 0.754. The minimum atomic E-state index is -0.352. The van der Waals surface area contributed by atoms with Gasteiger partial charge in [0.25, 0.3) is 0 Å². The molecule has 2 N–H and O–H groups in total. The van der Waals surface area contributed by atoms with Crippen molar-refractivity contribution in [3.05, 3.63) is 28.2 Å². The lowest BCUT2D eigenvalue weighted by molar-refractivity contribution is 0.214. The summed E-state index contributed by atoms with van der Waals surface area (Å²) in [7, 11) is 1.89. The van der Waals surface area contributed by atoms with Crippen LogP contribution in [0.5, 0.6) is 5.75 Å². The zero-order valence-electron chi connectivity index (χ0n) is 11.1. The molecule has 0 atom stereocenters. The van der Waals surface area contributed by atoms with Crippen LogP contribution in [0.15, 0.2) is 17.1 Å². The number of aromatic hydroxyl groups is 1. The predicted octanol–water partition coefficient (Wildman–Crippen LogP) is 0.778. The number of rotatable bonds is 7. The molecule has 0 fully saturated rings. The largest absolute Gasteiger partial charge is 0.503 e. The minimum Gasteiger partial charge on any atom is -0.503 e. The molecule has 0 saturated carbocycles. The highest BCUT2D eigenvalue weighted by Gasteiger charge is 2.08. The number of hydrogen-bond donors (Lipinski definition) is 2. The number of pyridine rings is 1. The fourth-order valence-electron chi connectivity index (χ4n) is 1.80. The normalized spacial score (nSPS) is 11.1. The molecule has 0 saturated heterocycles. The van der Waals surface area contributed by atoms with E-state index >= 15 is 0 Å². The van der Waals surface area contributed by atoms with Crippen molar-refractivity contribution in [2.45, 2.75) is 32.9 Å². The smallest absolute Gasteiger partial charge is 0.223 e. The van der Waals surface area contributed by atoms with E-state index in [1.807, 2.05) is 16.5 Å². The lowest BCUT2D eigenvalue weighted by Gasteiger charge is -2.19. The first-order chi connectivity index (χ1) is 8.58. The molecule has 18 heavy (non-hydrogen) atoms. The Morgan fingerprint density at radius 3 is 2.78 bits per heavy atom. The summed E-state index contributed by atoms with van der Waals surface area (Å²) in [5, 5.41) is 18.3. The molecular weight excluding hydrogens is 232 g/mol. The molecule has 0 aliphatic heterocycles. The molecule has 0 radical (unpaired) electrons. The highest BCUT2D eigenvalue weighted by Crippen LogP contribution is 2.09. The average molecular weight is 254 g/mol. The summed E-state index contributed by atoms with van der Waals surface area (Å²) in [6, 6.07) is 1.47. The first-order valence-electron chi connectivity index (χ1n) is 6.30. The van der Waals surface area contributed by atoms with Crippen LogP contribution in [0.1, 0.15) is 25.5 Å². The van der Waals surface area contributed by atoms with E-state index < -0.39 is 0 Å². The molecule has 1 aromatic rings. The van der Waals surface area contributed by atoms with Gasteiger partial charge in [0.1, 0.15) is 0 Å². The third kappa shape index (κ3) is 4.16. The summed E-state index contributed by atoms with van der Waals surface area (Å²) in [6.07, 6.45) is 3.55. The molecule has 0 aliphatic carbocycles. The highest BCUT2D eigenvalue weighted by atomic mass is 16.3. The first kappa shape index (κ1) is 14.7. The van der Waals surface area contributed by atoms with Gasteiger partial charge in [0, 0.05) is 31.4 Å². The van der Waals surface area contributed by atoms with Crippen molar-refractivity contribution in [1.82, 2.24) is 9.47 Å². The van der Waals surface area contributed by atoms with E-state index in [1.165, 1.54) is 12.3 Å². The summed E-state index contributed by atoms with van der Waals surface area (Å²) in [6.45, 7) is 4.11. The van der Waals surface area contributed by atoms with Crippen molar-refractivity contribution >= 4 is 0 Å². The van der Waals surface area contributed by atoms with Crippen LogP contribution >= 0.6 is 0 Å². The summed E-state index contributed by atoms with van der Waals surface area (Å²) in [5.74, 6) is -0.209. The van der Waals surface area contributed by atoms with Crippen LogP contribution < -0.4 is 5.43 Å². The van der Waals surface area contributed by atoms with Crippen LogP contribution in [0.3, 0.4) is 0 Å². The van der Waals surface area contributed by atoms with Crippen molar-refractivity contribution in [2.75, 3.05) is 20.2 Å². The van der Waals surface area contributed by atoms with Gasteiger partial charge < -0.3 is 14.8 Å². The maximum atomic E-state index is 11.5. The molecule has 0 bridgehead atoms. The Hall–Kier alpha value is -1.33. The molecule has 0 aliphatic rings. The third-order valence-corrected chi connectivity index (χ3v) is 2.86. The molecule has 5 heteroatoms. The van der Waals surface area contributed by atoms with Gasteiger partial charge in [-0.25, -0.2) is 0 Å². The standard InChI is InChI=1S/C13H22N2O3/c1-3-4-5-15-10-13(18)12(17)8-11(15)9-14(2)6-7-16/h8,10,16,18H,3-7,9H2,1-2H3. The monoisotopic (exact) mass is 254 g/mol. The molecule has 0 amide bonds. The van der Waals surface area contributed by atoms with Gasteiger partial charge in [-0.15, -0.1) is 0 Å². The zero-order valence-corrected chi connectivity index (χ0v) is 11.1. The number of unbranched alkanes of at least 4 members (excludes halogenated alkanes) is 1. The number of likely N-dealkylation sites (N-methyl/N-ethyl adjacent to an activating group) is 1. The zero-order chi connectivity index (χ0) is 13.5. The van der Waals surface area contributed by atoms with Crippen molar-refractivity contribution in [2.24, 2.45) is 0 Å². The number of nitrogens with zero attached hydrogens (tertiary/aromatic N) is 2. The molecule has 0 aromatic carbocycles. The maximum Gasteiger partial charge on any atom is 0.223 e. The van der Waals surface area contributed by atoms with Gasteiger partial charge in [0.15, 0.2) is 5.75 Å². The van der Waals surface area contributed by atoms with Crippen molar-refractivity contribution in [1.29, 1.82) is 0 Å². The van der Waals surface area contributed by atoms with Gasteiger partial charge in [-0.05, 0) is 13.5 Å². The second-order valence-electron chi connectivity index (χ2n) is 4.52. The van der Waals surface area contributed by atoms with Gasteiger partial charge in [-0.2, -0.15) is 0 Å². The Morgan fingerprint density at radius 1 is 1.44 bits per heavy atom. The molecule has 5 nitrogen and oxygen atoms in total. The van der Waals surface area contributed by atoms with Gasteiger partial charge in [-0.1, -0.05) is 13.3 Å². The lowest BCUT2D eigenvalue weighted by atomic mass is 10.2. The van der Waals surface area contributed by atoms with E-state index in [9.17, 15) is 9.90 Å². The number of aliphatic hydroxyl groups excluding tert-OH is 1. The molecule has 0 spiro atoms. The van der Waals surface area contributed by atoms with Gasteiger partial charge in [-0.3, -0.25) is 9.69 Å². The number of hydrogen-bond acceptors (Lipinski definition) is 4. The number of aromatic nitrogens is 1. The van der Waals surface area contributed by atoms with Gasteiger partial charge in [0.2, 0.25) is 5.43 Å². The fraction of sp³-hybridized carbons (Fsp3) is 0.615. The summed E-state index contributed by atoms with van der Waals surface area (Å²) < 4.78 is 1.91. The highest BCUT2D eigenvalue weighted by molar-refractivity contribution is 5.20. The van der Waals surface area contributed by atoms with E-state index in [0.717, 1.165) is 25.1 Å². The predicted molar refractivity (Wildman–Crippen MR) is 70.7 cm³/mol. The van der Waals surface area contributed by atoms with Crippen molar-refractivity contribution in [3.8, 4) is 5.75 Å².